The van der Waals surface area contributed by atoms with Crippen molar-refractivity contribution in [2.24, 2.45) is 0 Å². The molecule has 3 N–H and O–H groups in total. The molecule has 0 aliphatic heterocycles. The van der Waals surface area contributed by atoms with E-state index in [2.05, 4.69) is 5.32 Å². The van der Waals surface area contributed by atoms with Gasteiger partial charge in [0.05, 0.1) is 4.92 Å². The fourth-order valence-electron chi connectivity index (χ4n) is 1.86. The Morgan fingerprint density at radius 3 is 2.65 bits per heavy atom. The molecule has 0 aliphatic rings. The largest absolute Gasteiger partial charge is 0.502 e. The molecule has 0 aromatic heterocycles. The SMILES string of the molecule is CCC(C)(CCO)NCc1cc(Cl)cc([N+](=O)[O-])c1O. The van der Waals surface area contributed by atoms with Crippen LogP contribution in [0.2, 0.25) is 5.02 Å². The highest BCUT2D eigenvalue weighted by Crippen LogP contribution is 2.33. The normalized spacial score (nSPS) is 14.0. The first-order valence-electron chi connectivity index (χ1n) is 6.34. The number of hydrogen-bond acceptors (Lipinski definition) is 5. The first kappa shape index (κ1) is 16.7. The van der Waals surface area contributed by atoms with E-state index in [1.165, 1.54) is 6.07 Å². The lowest BCUT2D eigenvalue weighted by Gasteiger charge is -2.29. The summed E-state index contributed by atoms with van der Waals surface area (Å²) in [5.41, 5.74) is -0.352. The van der Waals surface area contributed by atoms with Crippen LogP contribution >= 0.6 is 11.6 Å². The number of aromatic hydroxyl groups is 1. The van der Waals surface area contributed by atoms with Gasteiger partial charge in [-0.2, -0.15) is 0 Å². The summed E-state index contributed by atoms with van der Waals surface area (Å²) in [6.07, 6.45) is 1.32. The van der Waals surface area contributed by atoms with Gasteiger partial charge in [0.1, 0.15) is 0 Å². The predicted octanol–water partition coefficient (Wildman–Crippen LogP) is 2.59. The van der Waals surface area contributed by atoms with E-state index < -0.39 is 10.6 Å². The van der Waals surface area contributed by atoms with Crippen LogP contribution in [0.5, 0.6) is 5.75 Å². The average molecular weight is 303 g/mol. The minimum absolute atomic E-state index is 0.0407. The van der Waals surface area contributed by atoms with Crippen molar-refractivity contribution in [2.75, 3.05) is 6.61 Å². The van der Waals surface area contributed by atoms with Crippen molar-refractivity contribution in [3.05, 3.63) is 32.8 Å². The molecule has 0 spiro atoms. The Morgan fingerprint density at radius 1 is 1.50 bits per heavy atom. The van der Waals surface area contributed by atoms with E-state index >= 15 is 0 Å². The molecule has 0 saturated heterocycles. The van der Waals surface area contributed by atoms with E-state index in [-0.39, 0.29) is 29.5 Å². The number of nitro groups is 1. The van der Waals surface area contributed by atoms with Crippen LogP contribution in [0.15, 0.2) is 12.1 Å². The van der Waals surface area contributed by atoms with Crippen LogP contribution in [0, 0.1) is 10.1 Å². The van der Waals surface area contributed by atoms with Crippen LogP contribution in [0.25, 0.3) is 0 Å². The smallest absolute Gasteiger partial charge is 0.312 e. The summed E-state index contributed by atoms with van der Waals surface area (Å²) in [5, 5.41) is 33.2. The molecule has 0 saturated carbocycles. The lowest BCUT2D eigenvalue weighted by Crippen LogP contribution is -2.42. The summed E-state index contributed by atoms with van der Waals surface area (Å²) in [6, 6.07) is 2.61. The molecule has 0 radical (unpaired) electrons. The topological polar surface area (TPSA) is 95.6 Å². The number of halogens is 1. The number of phenolic OH excluding ortho intramolecular Hbond substituents is 1. The van der Waals surface area contributed by atoms with Gasteiger partial charge < -0.3 is 15.5 Å². The molecule has 0 amide bonds. The number of aliphatic hydroxyl groups is 1. The van der Waals surface area contributed by atoms with Crippen molar-refractivity contribution in [1.82, 2.24) is 5.32 Å². The monoisotopic (exact) mass is 302 g/mol. The van der Waals surface area contributed by atoms with Gasteiger partial charge in [-0.15, -0.1) is 0 Å². The third-order valence-corrected chi connectivity index (χ3v) is 3.70. The molecule has 1 aromatic rings. The van der Waals surface area contributed by atoms with Crippen LogP contribution in [0.4, 0.5) is 5.69 Å². The molecule has 1 unspecified atom stereocenters. The fourth-order valence-corrected chi connectivity index (χ4v) is 2.09. The molecule has 1 atom stereocenters. The first-order valence-corrected chi connectivity index (χ1v) is 6.72. The van der Waals surface area contributed by atoms with E-state index in [1.54, 1.807) is 0 Å². The molecule has 1 rings (SSSR count). The van der Waals surface area contributed by atoms with Crippen LogP contribution in [-0.4, -0.2) is 27.3 Å². The zero-order valence-electron chi connectivity index (χ0n) is 11.5. The van der Waals surface area contributed by atoms with Crippen molar-refractivity contribution in [3.63, 3.8) is 0 Å². The number of nitrogens with one attached hydrogen (secondary N) is 1. The van der Waals surface area contributed by atoms with Gasteiger partial charge in [-0.1, -0.05) is 18.5 Å². The zero-order valence-corrected chi connectivity index (χ0v) is 12.3. The second-order valence-electron chi connectivity index (χ2n) is 4.93. The van der Waals surface area contributed by atoms with E-state index in [0.29, 0.717) is 12.0 Å². The molecule has 0 fully saturated rings. The van der Waals surface area contributed by atoms with Crippen molar-refractivity contribution >= 4 is 17.3 Å². The van der Waals surface area contributed by atoms with Crippen LogP contribution in [-0.2, 0) is 6.54 Å². The maximum atomic E-state index is 10.8. The Balaban J connectivity index is 2.95. The summed E-state index contributed by atoms with van der Waals surface area (Å²) >= 11 is 5.83. The van der Waals surface area contributed by atoms with Crippen LogP contribution < -0.4 is 5.32 Å². The fraction of sp³-hybridized carbons (Fsp3) is 0.538. The molecular formula is C13H19ClN2O4. The Bertz CT molecular complexity index is 496. The summed E-state index contributed by atoms with van der Waals surface area (Å²) in [7, 11) is 0. The highest BCUT2D eigenvalue weighted by atomic mass is 35.5. The van der Waals surface area contributed by atoms with Gasteiger partial charge >= 0.3 is 5.69 Å². The number of aliphatic hydroxyl groups excluding tert-OH is 1. The Kier molecular flexibility index (Phi) is 5.74. The number of benzene rings is 1. The number of phenols is 1. The third-order valence-electron chi connectivity index (χ3n) is 3.48. The maximum absolute atomic E-state index is 10.8. The van der Waals surface area contributed by atoms with Gasteiger partial charge in [0, 0.05) is 35.3 Å². The molecule has 0 aliphatic carbocycles. The first-order chi connectivity index (χ1) is 9.33. The highest BCUT2D eigenvalue weighted by Gasteiger charge is 2.23. The maximum Gasteiger partial charge on any atom is 0.312 e. The van der Waals surface area contributed by atoms with E-state index in [4.69, 9.17) is 16.7 Å². The Morgan fingerprint density at radius 2 is 2.15 bits per heavy atom. The third kappa shape index (κ3) is 4.06. The molecule has 7 heteroatoms. The summed E-state index contributed by atoms with van der Waals surface area (Å²) < 4.78 is 0. The Hall–Kier alpha value is -1.37. The molecule has 0 heterocycles. The van der Waals surface area contributed by atoms with Gasteiger partial charge in [0.15, 0.2) is 5.75 Å². The van der Waals surface area contributed by atoms with Crippen molar-refractivity contribution in [3.8, 4) is 5.75 Å². The molecular weight excluding hydrogens is 284 g/mol. The van der Waals surface area contributed by atoms with Crippen LogP contribution in [0.3, 0.4) is 0 Å². The van der Waals surface area contributed by atoms with Crippen molar-refractivity contribution in [1.29, 1.82) is 0 Å². The molecule has 6 nitrogen and oxygen atoms in total. The second-order valence-corrected chi connectivity index (χ2v) is 5.37. The minimum Gasteiger partial charge on any atom is -0.502 e. The predicted molar refractivity (Wildman–Crippen MR) is 77.0 cm³/mol. The number of nitrogens with zero attached hydrogens (tertiary/aromatic N) is 1. The van der Waals surface area contributed by atoms with Gasteiger partial charge in [-0.25, -0.2) is 0 Å². The number of hydrogen-bond donors (Lipinski definition) is 3. The summed E-state index contributed by atoms with van der Waals surface area (Å²) in [5.74, 6) is -0.380. The molecule has 0 bridgehead atoms. The molecule has 20 heavy (non-hydrogen) atoms. The standard InChI is InChI=1S/C13H19ClN2O4/c1-3-13(2,4-5-17)15-8-9-6-10(14)7-11(12(9)18)16(19)20/h6-7,15,17-18H,3-5,8H2,1-2H3. The van der Waals surface area contributed by atoms with E-state index in [0.717, 1.165) is 12.5 Å². The average Bonchev–Trinajstić information content (AvgIpc) is 2.39. The minimum atomic E-state index is -0.669. The van der Waals surface area contributed by atoms with Gasteiger partial charge in [0.25, 0.3) is 0 Å². The number of nitro benzene ring substituents is 1. The second kappa shape index (κ2) is 6.88. The number of rotatable bonds is 7. The van der Waals surface area contributed by atoms with Crippen LogP contribution in [0.1, 0.15) is 32.3 Å². The Labute approximate surface area is 122 Å². The lowest BCUT2D eigenvalue weighted by atomic mass is 9.94. The van der Waals surface area contributed by atoms with E-state index in [9.17, 15) is 15.2 Å². The quantitative estimate of drug-likeness (QED) is 0.531. The molecule has 1 aromatic carbocycles. The molecule has 112 valence electrons. The van der Waals surface area contributed by atoms with Gasteiger partial charge in [-0.3, -0.25) is 10.1 Å². The zero-order chi connectivity index (χ0) is 15.3. The van der Waals surface area contributed by atoms with Gasteiger partial charge in [0.2, 0.25) is 0 Å². The van der Waals surface area contributed by atoms with Crippen molar-refractivity contribution < 1.29 is 15.1 Å². The summed E-state index contributed by atoms with van der Waals surface area (Å²) in [6.45, 7) is 4.19. The summed E-state index contributed by atoms with van der Waals surface area (Å²) in [4.78, 5) is 10.2. The highest BCUT2D eigenvalue weighted by molar-refractivity contribution is 6.31. The van der Waals surface area contributed by atoms with Crippen molar-refractivity contribution in [2.45, 2.75) is 38.8 Å². The lowest BCUT2D eigenvalue weighted by molar-refractivity contribution is -0.385. The van der Waals surface area contributed by atoms with E-state index in [1.807, 2.05) is 13.8 Å². The van der Waals surface area contributed by atoms with Gasteiger partial charge in [-0.05, 0) is 25.8 Å².